The second-order valence-electron chi connectivity index (χ2n) is 4.42. The highest BCUT2D eigenvalue weighted by atomic mass is 16.5. The van der Waals surface area contributed by atoms with Gasteiger partial charge >= 0.3 is 0 Å². The first-order chi connectivity index (χ1) is 7.61. The third-order valence-electron chi connectivity index (χ3n) is 3.11. The molecule has 1 unspecified atom stereocenters. The van der Waals surface area contributed by atoms with Crippen LogP contribution in [0.3, 0.4) is 0 Å². The minimum absolute atomic E-state index is 0.427. The maximum absolute atomic E-state index is 5.45. The Morgan fingerprint density at radius 3 is 2.50 bits per heavy atom. The summed E-state index contributed by atoms with van der Waals surface area (Å²) in [5, 5.41) is 0. The highest BCUT2D eigenvalue weighted by Crippen LogP contribution is 2.29. The first kappa shape index (κ1) is 13.0. The molecule has 0 radical (unpaired) electrons. The Morgan fingerprint density at radius 2 is 2.00 bits per heavy atom. The van der Waals surface area contributed by atoms with Crippen LogP contribution in [0.4, 0.5) is 0 Å². The number of rotatable bonds is 5. The average molecular weight is 221 g/mol. The van der Waals surface area contributed by atoms with Gasteiger partial charge in [0.2, 0.25) is 0 Å². The zero-order valence-electron chi connectivity index (χ0n) is 11.1. The molecule has 1 rings (SSSR count). The maximum atomic E-state index is 5.45. The standard InChI is InChI=1S/C14H23NO/c1-6-8-13-12(11(2)15(3)4)9-7-10-14(13)16-5/h7,9-11H,6,8H2,1-5H3. The van der Waals surface area contributed by atoms with Gasteiger partial charge in [-0.15, -0.1) is 0 Å². The summed E-state index contributed by atoms with van der Waals surface area (Å²) in [6.07, 6.45) is 2.23. The van der Waals surface area contributed by atoms with Crippen molar-refractivity contribution < 1.29 is 4.74 Å². The minimum Gasteiger partial charge on any atom is -0.496 e. The summed E-state index contributed by atoms with van der Waals surface area (Å²) in [5.74, 6) is 1.02. The van der Waals surface area contributed by atoms with E-state index in [1.165, 1.54) is 11.1 Å². The highest BCUT2D eigenvalue weighted by molar-refractivity contribution is 5.41. The lowest BCUT2D eigenvalue weighted by molar-refractivity contribution is 0.317. The fourth-order valence-electron chi connectivity index (χ4n) is 1.96. The third-order valence-corrected chi connectivity index (χ3v) is 3.11. The lowest BCUT2D eigenvalue weighted by Gasteiger charge is -2.24. The SMILES string of the molecule is CCCc1c(OC)cccc1C(C)N(C)C. The van der Waals surface area contributed by atoms with E-state index < -0.39 is 0 Å². The van der Waals surface area contributed by atoms with Crippen molar-refractivity contribution in [1.29, 1.82) is 0 Å². The van der Waals surface area contributed by atoms with E-state index in [1.807, 2.05) is 0 Å². The van der Waals surface area contributed by atoms with Crippen LogP contribution in [0.15, 0.2) is 18.2 Å². The van der Waals surface area contributed by atoms with Crippen LogP contribution in [0.5, 0.6) is 5.75 Å². The van der Waals surface area contributed by atoms with E-state index in [4.69, 9.17) is 4.74 Å². The topological polar surface area (TPSA) is 12.5 Å². The quantitative estimate of drug-likeness (QED) is 0.756. The van der Waals surface area contributed by atoms with Gasteiger partial charge in [-0.3, -0.25) is 0 Å². The van der Waals surface area contributed by atoms with E-state index >= 15 is 0 Å². The monoisotopic (exact) mass is 221 g/mol. The Balaban J connectivity index is 3.15. The molecule has 0 aliphatic rings. The van der Waals surface area contributed by atoms with Gasteiger partial charge in [0.15, 0.2) is 0 Å². The van der Waals surface area contributed by atoms with Crippen LogP contribution in [0.2, 0.25) is 0 Å². The van der Waals surface area contributed by atoms with Gasteiger partial charge in [-0.1, -0.05) is 25.5 Å². The van der Waals surface area contributed by atoms with Crippen molar-refractivity contribution in [2.24, 2.45) is 0 Å². The van der Waals surface area contributed by atoms with Crippen LogP contribution in [-0.2, 0) is 6.42 Å². The predicted molar refractivity (Wildman–Crippen MR) is 69.1 cm³/mol. The molecule has 0 amide bonds. The number of nitrogens with zero attached hydrogens (tertiary/aromatic N) is 1. The van der Waals surface area contributed by atoms with Crippen LogP contribution in [-0.4, -0.2) is 26.1 Å². The summed E-state index contributed by atoms with van der Waals surface area (Å²) in [7, 11) is 5.97. The molecule has 0 fully saturated rings. The molecule has 1 aromatic carbocycles. The Morgan fingerprint density at radius 1 is 1.31 bits per heavy atom. The molecule has 2 heteroatoms. The molecule has 0 bridgehead atoms. The van der Waals surface area contributed by atoms with Gasteiger partial charge in [-0.25, -0.2) is 0 Å². The number of methoxy groups -OCH3 is 1. The lowest BCUT2D eigenvalue weighted by Crippen LogP contribution is -2.18. The Kier molecular flexibility index (Phi) is 4.81. The van der Waals surface area contributed by atoms with Gasteiger partial charge in [0, 0.05) is 6.04 Å². The van der Waals surface area contributed by atoms with Gasteiger partial charge < -0.3 is 9.64 Å². The van der Waals surface area contributed by atoms with E-state index in [-0.39, 0.29) is 0 Å². The fraction of sp³-hybridized carbons (Fsp3) is 0.571. The second kappa shape index (κ2) is 5.90. The molecule has 1 atom stereocenters. The zero-order valence-corrected chi connectivity index (χ0v) is 11.1. The molecule has 0 heterocycles. The molecular formula is C14H23NO. The highest BCUT2D eigenvalue weighted by Gasteiger charge is 2.15. The summed E-state index contributed by atoms with van der Waals surface area (Å²) in [6, 6.07) is 6.76. The van der Waals surface area contributed by atoms with Crippen molar-refractivity contribution in [2.45, 2.75) is 32.7 Å². The summed E-state index contributed by atoms with van der Waals surface area (Å²) in [4.78, 5) is 2.23. The molecule has 0 saturated heterocycles. The van der Waals surface area contributed by atoms with Crippen molar-refractivity contribution in [1.82, 2.24) is 4.90 Å². The number of ether oxygens (including phenoxy) is 1. The van der Waals surface area contributed by atoms with Crippen molar-refractivity contribution in [3.05, 3.63) is 29.3 Å². The average Bonchev–Trinajstić information content (AvgIpc) is 2.28. The molecule has 0 N–H and O–H groups in total. The fourth-order valence-corrected chi connectivity index (χ4v) is 1.96. The van der Waals surface area contributed by atoms with Crippen LogP contribution < -0.4 is 4.74 Å². The Bertz CT molecular complexity index is 334. The smallest absolute Gasteiger partial charge is 0.122 e. The number of hydrogen-bond acceptors (Lipinski definition) is 2. The van der Waals surface area contributed by atoms with Crippen LogP contribution in [0.25, 0.3) is 0 Å². The summed E-state index contributed by atoms with van der Waals surface area (Å²) in [5.41, 5.74) is 2.74. The lowest BCUT2D eigenvalue weighted by atomic mass is 9.96. The summed E-state index contributed by atoms with van der Waals surface area (Å²) >= 11 is 0. The van der Waals surface area contributed by atoms with Gasteiger partial charge in [-0.2, -0.15) is 0 Å². The van der Waals surface area contributed by atoms with Crippen molar-refractivity contribution in [2.75, 3.05) is 21.2 Å². The van der Waals surface area contributed by atoms with E-state index in [9.17, 15) is 0 Å². The van der Waals surface area contributed by atoms with Crippen LogP contribution >= 0.6 is 0 Å². The molecule has 2 nitrogen and oxygen atoms in total. The predicted octanol–water partition coefficient (Wildman–Crippen LogP) is 3.27. The first-order valence-electron chi connectivity index (χ1n) is 5.94. The van der Waals surface area contributed by atoms with Crippen molar-refractivity contribution >= 4 is 0 Å². The molecule has 0 aliphatic carbocycles. The van der Waals surface area contributed by atoms with E-state index in [1.54, 1.807) is 7.11 Å². The maximum Gasteiger partial charge on any atom is 0.122 e. The van der Waals surface area contributed by atoms with E-state index in [2.05, 4.69) is 51.0 Å². The van der Waals surface area contributed by atoms with Crippen molar-refractivity contribution in [3.63, 3.8) is 0 Å². The largest absolute Gasteiger partial charge is 0.496 e. The number of benzene rings is 1. The molecular weight excluding hydrogens is 198 g/mol. The van der Waals surface area contributed by atoms with Gasteiger partial charge in [0.25, 0.3) is 0 Å². The van der Waals surface area contributed by atoms with Gasteiger partial charge in [-0.05, 0) is 44.6 Å². The van der Waals surface area contributed by atoms with E-state index in [0.29, 0.717) is 6.04 Å². The van der Waals surface area contributed by atoms with Gasteiger partial charge in [0.05, 0.1) is 7.11 Å². The van der Waals surface area contributed by atoms with Crippen LogP contribution in [0.1, 0.15) is 37.4 Å². The molecule has 0 spiro atoms. The Labute approximate surface area is 99.2 Å². The van der Waals surface area contributed by atoms with Crippen LogP contribution in [0, 0.1) is 0 Å². The zero-order chi connectivity index (χ0) is 12.1. The first-order valence-corrected chi connectivity index (χ1v) is 5.94. The molecule has 0 aromatic heterocycles. The summed E-state index contributed by atoms with van der Waals surface area (Å²) < 4.78 is 5.45. The third kappa shape index (κ3) is 2.76. The second-order valence-corrected chi connectivity index (χ2v) is 4.42. The molecule has 16 heavy (non-hydrogen) atoms. The van der Waals surface area contributed by atoms with Crippen molar-refractivity contribution in [3.8, 4) is 5.75 Å². The molecule has 90 valence electrons. The summed E-state index contributed by atoms with van der Waals surface area (Å²) in [6.45, 7) is 4.44. The Hall–Kier alpha value is -1.02. The van der Waals surface area contributed by atoms with Gasteiger partial charge in [0.1, 0.15) is 5.75 Å². The number of hydrogen-bond donors (Lipinski definition) is 0. The van der Waals surface area contributed by atoms with E-state index in [0.717, 1.165) is 18.6 Å². The molecule has 0 saturated carbocycles. The normalized spacial score (nSPS) is 12.9. The minimum atomic E-state index is 0.427. The molecule has 0 aliphatic heterocycles. The molecule has 1 aromatic rings.